The molecule has 1 aliphatic rings. The smallest absolute Gasteiger partial charge is 0.202 e. The lowest BCUT2D eigenvalue weighted by molar-refractivity contribution is 0.319. The van der Waals surface area contributed by atoms with E-state index in [0.717, 1.165) is 17.6 Å². The van der Waals surface area contributed by atoms with Crippen LogP contribution in [-0.2, 0) is 0 Å². The molecule has 1 rings (SSSR count). The van der Waals surface area contributed by atoms with Gasteiger partial charge in [-0.15, -0.1) is 0 Å². The predicted octanol–water partition coefficient (Wildman–Crippen LogP) is 4.49. The Morgan fingerprint density at radius 2 is 2.00 bits per heavy atom. The third kappa shape index (κ3) is 2.24. The summed E-state index contributed by atoms with van der Waals surface area (Å²) in [4.78, 5) is 0. The molecule has 0 aromatic rings. The van der Waals surface area contributed by atoms with Crippen LogP contribution in [0.5, 0.6) is 0 Å². The Hall–Kier alpha value is -0.180. The summed E-state index contributed by atoms with van der Waals surface area (Å²) in [5, 5.41) is 12.1. The molecule has 1 aliphatic carbocycles. The molecule has 0 unspecified atom stereocenters. The van der Waals surface area contributed by atoms with E-state index in [1.54, 1.807) is 6.08 Å². The van der Waals surface area contributed by atoms with Crippen LogP contribution in [0, 0.1) is 5.41 Å². The van der Waals surface area contributed by atoms with Gasteiger partial charge in [0.05, 0.1) is 5.41 Å². The Morgan fingerprint density at radius 3 is 2.38 bits per heavy atom. The van der Waals surface area contributed by atoms with Crippen molar-refractivity contribution in [1.82, 2.24) is 0 Å². The quantitative estimate of drug-likeness (QED) is 0.429. The van der Waals surface area contributed by atoms with Gasteiger partial charge < -0.3 is 5.21 Å². The first kappa shape index (κ1) is 13.9. The average molecular weight is 283 g/mol. The molecular weight excluding hydrogens is 268 g/mol. The number of allylic oxidation sites excluding steroid dienone is 4. The zero-order valence-corrected chi connectivity index (χ0v) is 11.7. The highest BCUT2D eigenvalue weighted by atomic mass is 35.6. The van der Waals surface area contributed by atoms with Crippen LogP contribution in [-0.4, -0.2) is 14.7 Å². The van der Waals surface area contributed by atoms with Gasteiger partial charge >= 0.3 is 0 Å². The molecule has 0 bridgehead atoms. The first-order chi connectivity index (χ1) is 7.26. The molecule has 0 aromatic heterocycles. The van der Waals surface area contributed by atoms with Crippen LogP contribution in [0.3, 0.4) is 0 Å². The number of oxime groups is 1. The van der Waals surface area contributed by atoms with E-state index in [2.05, 4.69) is 5.16 Å². The van der Waals surface area contributed by atoms with E-state index in [0.29, 0.717) is 5.71 Å². The van der Waals surface area contributed by atoms with Gasteiger partial charge in [-0.1, -0.05) is 58.5 Å². The SMILES string of the molecule is CCC1=C/C(=N\O)C(C)=C[C@]1(C)C(Cl)(Cl)Cl. The number of hydrogen-bond donors (Lipinski definition) is 1. The van der Waals surface area contributed by atoms with Gasteiger partial charge in [0.1, 0.15) is 5.71 Å². The van der Waals surface area contributed by atoms with Crippen LogP contribution in [0.25, 0.3) is 0 Å². The van der Waals surface area contributed by atoms with Crippen molar-refractivity contribution in [3.63, 3.8) is 0 Å². The van der Waals surface area contributed by atoms with Crippen LogP contribution in [0.2, 0.25) is 0 Å². The largest absolute Gasteiger partial charge is 0.410 e. The highest BCUT2D eigenvalue weighted by Crippen LogP contribution is 2.53. The predicted molar refractivity (Wildman–Crippen MR) is 69.7 cm³/mol. The monoisotopic (exact) mass is 281 g/mol. The van der Waals surface area contributed by atoms with E-state index >= 15 is 0 Å². The van der Waals surface area contributed by atoms with Crippen molar-refractivity contribution in [2.75, 3.05) is 0 Å². The molecule has 0 aromatic carbocycles. The molecule has 90 valence electrons. The fraction of sp³-hybridized carbons (Fsp3) is 0.545. The summed E-state index contributed by atoms with van der Waals surface area (Å²) in [6.07, 6.45) is 4.35. The molecule has 0 aliphatic heterocycles. The third-order valence-electron chi connectivity index (χ3n) is 2.96. The first-order valence-electron chi connectivity index (χ1n) is 4.96. The second-order valence-electron chi connectivity index (χ2n) is 4.04. The fourth-order valence-electron chi connectivity index (χ4n) is 1.87. The number of rotatable bonds is 1. The van der Waals surface area contributed by atoms with Crippen LogP contribution in [0.15, 0.2) is 28.5 Å². The molecule has 16 heavy (non-hydrogen) atoms. The summed E-state index contributed by atoms with van der Waals surface area (Å²) < 4.78 is -1.42. The summed E-state index contributed by atoms with van der Waals surface area (Å²) in [5.74, 6) is 0. The summed E-state index contributed by atoms with van der Waals surface area (Å²) >= 11 is 18.1. The van der Waals surface area contributed by atoms with Gasteiger partial charge in [0.15, 0.2) is 0 Å². The molecule has 2 nitrogen and oxygen atoms in total. The molecule has 0 heterocycles. The average Bonchev–Trinajstić information content (AvgIpc) is 2.16. The maximum absolute atomic E-state index is 8.85. The molecule has 0 amide bonds. The molecule has 0 fully saturated rings. The van der Waals surface area contributed by atoms with Crippen molar-refractivity contribution in [1.29, 1.82) is 0 Å². The van der Waals surface area contributed by atoms with Crippen molar-refractivity contribution in [3.05, 3.63) is 23.3 Å². The molecule has 0 radical (unpaired) electrons. The molecule has 0 spiro atoms. The molecule has 0 saturated carbocycles. The van der Waals surface area contributed by atoms with Crippen LogP contribution < -0.4 is 0 Å². The minimum atomic E-state index is -1.42. The number of alkyl halides is 3. The van der Waals surface area contributed by atoms with E-state index < -0.39 is 9.21 Å². The zero-order chi connectivity index (χ0) is 12.6. The Balaban J connectivity index is 3.33. The van der Waals surface area contributed by atoms with E-state index in [1.807, 2.05) is 26.8 Å². The molecule has 1 N–H and O–H groups in total. The minimum Gasteiger partial charge on any atom is -0.410 e. The third-order valence-corrected chi connectivity index (χ3v) is 4.14. The van der Waals surface area contributed by atoms with Crippen molar-refractivity contribution in [3.8, 4) is 0 Å². The number of nitrogens with zero attached hydrogens (tertiary/aromatic N) is 1. The number of halogens is 3. The lowest BCUT2D eigenvalue weighted by atomic mass is 9.76. The molecule has 5 heteroatoms. The molecular formula is C11H14Cl3NO. The highest BCUT2D eigenvalue weighted by molar-refractivity contribution is 6.68. The lowest BCUT2D eigenvalue weighted by Crippen LogP contribution is -2.35. The van der Waals surface area contributed by atoms with Gasteiger partial charge in [0.2, 0.25) is 3.79 Å². The van der Waals surface area contributed by atoms with E-state index in [1.165, 1.54) is 0 Å². The topological polar surface area (TPSA) is 32.6 Å². The summed E-state index contributed by atoms with van der Waals surface area (Å²) in [6, 6.07) is 0. The Labute approximate surface area is 111 Å². The van der Waals surface area contributed by atoms with E-state index in [9.17, 15) is 0 Å². The van der Waals surface area contributed by atoms with Crippen LogP contribution in [0.4, 0.5) is 0 Å². The Morgan fingerprint density at radius 1 is 1.44 bits per heavy atom. The van der Waals surface area contributed by atoms with Crippen molar-refractivity contribution < 1.29 is 5.21 Å². The van der Waals surface area contributed by atoms with Crippen molar-refractivity contribution in [2.24, 2.45) is 10.6 Å². The fourth-order valence-corrected chi connectivity index (χ4v) is 2.40. The normalized spacial score (nSPS) is 29.0. The molecule has 0 saturated heterocycles. The van der Waals surface area contributed by atoms with Gasteiger partial charge in [-0.05, 0) is 31.9 Å². The minimum absolute atomic E-state index is 0.517. The van der Waals surface area contributed by atoms with E-state index in [4.69, 9.17) is 40.0 Å². The number of hydrogen-bond acceptors (Lipinski definition) is 2. The maximum Gasteiger partial charge on any atom is 0.202 e. The Bertz CT molecular complexity index is 379. The lowest BCUT2D eigenvalue weighted by Gasteiger charge is -2.38. The van der Waals surface area contributed by atoms with Gasteiger partial charge in [0.25, 0.3) is 0 Å². The van der Waals surface area contributed by atoms with Crippen molar-refractivity contribution in [2.45, 2.75) is 31.0 Å². The summed E-state index contributed by atoms with van der Waals surface area (Å²) in [6.45, 7) is 5.67. The van der Waals surface area contributed by atoms with Crippen LogP contribution >= 0.6 is 34.8 Å². The standard InChI is InChI=1S/C11H14Cl3NO/c1-4-8-5-9(15-16)7(2)6-10(8,3)11(12,13)14/h5-6,16H,4H2,1-3H3/b15-9+/t10-/m0/s1. The van der Waals surface area contributed by atoms with Gasteiger partial charge in [-0.2, -0.15) is 0 Å². The van der Waals surface area contributed by atoms with Crippen LogP contribution in [0.1, 0.15) is 27.2 Å². The Kier molecular flexibility index (Phi) is 3.99. The van der Waals surface area contributed by atoms with Gasteiger partial charge in [-0.3, -0.25) is 0 Å². The highest BCUT2D eigenvalue weighted by Gasteiger charge is 2.46. The maximum atomic E-state index is 8.85. The first-order valence-corrected chi connectivity index (χ1v) is 6.09. The van der Waals surface area contributed by atoms with Gasteiger partial charge in [0, 0.05) is 0 Å². The summed E-state index contributed by atoms with van der Waals surface area (Å²) in [5.41, 5.74) is 1.59. The van der Waals surface area contributed by atoms with Crippen molar-refractivity contribution >= 4 is 40.5 Å². The zero-order valence-electron chi connectivity index (χ0n) is 9.39. The summed E-state index contributed by atoms with van der Waals surface area (Å²) in [7, 11) is 0. The van der Waals surface area contributed by atoms with E-state index in [-0.39, 0.29) is 0 Å². The second kappa shape index (κ2) is 4.59. The van der Waals surface area contributed by atoms with Gasteiger partial charge in [-0.25, -0.2) is 0 Å². The second-order valence-corrected chi connectivity index (χ2v) is 6.32. The molecule has 1 atom stereocenters.